The smallest absolute Gasteiger partial charge is 0.277 e. The van der Waals surface area contributed by atoms with Gasteiger partial charge in [-0.05, 0) is 33.4 Å². The number of fused-ring (bicyclic) bond motifs is 1. The minimum Gasteiger partial charge on any atom is -0.507 e. The molecule has 5 heteroatoms. The molecule has 2 aromatic rings. The number of halogens is 1. The molecular weight excluding hydrogens is 262 g/mol. The SMILES string of the molecule is O=[N+]([O-])c1cccc2cc(Br)c(O)cc12. The molecule has 0 fully saturated rings. The molecule has 0 saturated carbocycles. The van der Waals surface area contributed by atoms with Crippen molar-refractivity contribution in [1.82, 2.24) is 0 Å². The number of nitro benzene ring substituents is 1. The van der Waals surface area contributed by atoms with E-state index in [4.69, 9.17) is 0 Å². The van der Waals surface area contributed by atoms with E-state index in [1.54, 1.807) is 18.2 Å². The Morgan fingerprint density at radius 1 is 1.33 bits per heavy atom. The third-order valence-corrected chi connectivity index (χ3v) is 2.76. The summed E-state index contributed by atoms with van der Waals surface area (Å²) in [6.07, 6.45) is 0. The number of benzene rings is 2. The van der Waals surface area contributed by atoms with E-state index in [0.717, 1.165) is 0 Å². The van der Waals surface area contributed by atoms with Crippen LogP contribution in [0.15, 0.2) is 34.8 Å². The molecule has 0 aliphatic rings. The fourth-order valence-corrected chi connectivity index (χ4v) is 1.79. The van der Waals surface area contributed by atoms with Crippen LogP contribution in [0.25, 0.3) is 10.8 Å². The first-order valence-electron chi connectivity index (χ1n) is 4.15. The first kappa shape index (κ1) is 9.92. The molecule has 0 amide bonds. The molecule has 0 unspecified atom stereocenters. The molecular formula is C10H6BrNO3. The second-order valence-electron chi connectivity index (χ2n) is 3.06. The highest BCUT2D eigenvalue weighted by atomic mass is 79.9. The number of phenols is 1. The van der Waals surface area contributed by atoms with Crippen molar-refractivity contribution in [3.05, 3.63) is 44.9 Å². The molecule has 15 heavy (non-hydrogen) atoms. The van der Waals surface area contributed by atoms with Crippen molar-refractivity contribution in [2.45, 2.75) is 0 Å². The summed E-state index contributed by atoms with van der Waals surface area (Å²) in [5, 5.41) is 21.3. The van der Waals surface area contributed by atoms with Crippen LogP contribution in [0.3, 0.4) is 0 Å². The topological polar surface area (TPSA) is 63.4 Å². The van der Waals surface area contributed by atoms with E-state index in [1.165, 1.54) is 12.1 Å². The number of rotatable bonds is 1. The van der Waals surface area contributed by atoms with E-state index in [-0.39, 0.29) is 11.4 Å². The summed E-state index contributed by atoms with van der Waals surface area (Å²) in [5.74, 6) is -0.00296. The van der Waals surface area contributed by atoms with Gasteiger partial charge in [-0.3, -0.25) is 10.1 Å². The molecule has 1 N–H and O–H groups in total. The van der Waals surface area contributed by atoms with Gasteiger partial charge in [0.1, 0.15) is 5.75 Å². The fourth-order valence-electron chi connectivity index (χ4n) is 1.43. The van der Waals surface area contributed by atoms with Crippen molar-refractivity contribution < 1.29 is 10.0 Å². The highest BCUT2D eigenvalue weighted by Gasteiger charge is 2.12. The largest absolute Gasteiger partial charge is 0.507 e. The second kappa shape index (κ2) is 3.51. The van der Waals surface area contributed by atoms with Crippen molar-refractivity contribution in [3.63, 3.8) is 0 Å². The average molecular weight is 268 g/mol. The van der Waals surface area contributed by atoms with Crippen LogP contribution in [0.2, 0.25) is 0 Å². The van der Waals surface area contributed by atoms with Crippen molar-refractivity contribution in [3.8, 4) is 5.75 Å². The van der Waals surface area contributed by atoms with E-state index in [1.807, 2.05) is 0 Å². The standard InChI is InChI=1S/C10H6BrNO3/c11-8-4-6-2-1-3-9(12(14)15)7(6)5-10(8)13/h1-5,13H. The molecule has 2 rings (SSSR count). The molecule has 2 aromatic carbocycles. The maximum absolute atomic E-state index is 10.7. The summed E-state index contributed by atoms with van der Waals surface area (Å²) in [6.45, 7) is 0. The predicted octanol–water partition coefficient (Wildman–Crippen LogP) is 3.22. The van der Waals surface area contributed by atoms with Crippen LogP contribution < -0.4 is 0 Å². The van der Waals surface area contributed by atoms with Gasteiger partial charge in [0.25, 0.3) is 5.69 Å². The molecule has 0 spiro atoms. The zero-order chi connectivity index (χ0) is 11.0. The van der Waals surface area contributed by atoms with Crippen LogP contribution in [0, 0.1) is 10.1 Å². The minimum atomic E-state index is -0.463. The summed E-state index contributed by atoms with van der Waals surface area (Å²) >= 11 is 3.16. The molecule has 0 radical (unpaired) electrons. The molecule has 0 bridgehead atoms. The third kappa shape index (κ3) is 1.66. The molecule has 0 aliphatic carbocycles. The van der Waals surface area contributed by atoms with Crippen molar-refractivity contribution in [2.24, 2.45) is 0 Å². The van der Waals surface area contributed by atoms with Crippen LogP contribution >= 0.6 is 15.9 Å². The summed E-state index contributed by atoms with van der Waals surface area (Å²) in [7, 11) is 0. The van der Waals surface area contributed by atoms with Gasteiger partial charge in [-0.1, -0.05) is 12.1 Å². The Kier molecular flexibility index (Phi) is 2.32. The van der Waals surface area contributed by atoms with Gasteiger partial charge in [-0.15, -0.1) is 0 Å². The highest BCUT2D eigenvalue weighted by Crippen LogP contribution is 2.33. The van der Waals surface area contributed by atoms with Gasteiger partial charge in [-0.25, -0.2) is 0 Å². The minimum absolute atomic E-state index is 0.00296. The van der Waals surface area contributed by atoms with Gasteiger partial charge in [0.05, 0.1) is 14.8 Å². The van der Waals surface area contributed by atoms with Gasteiger partial charge >= 0.3 is 0 Å². The number of hydrogen-bond donors (Lipinski definition) is 1. The quantitative estimate of drug-likeness (QED) is 0.638. The Labute approximate surface area is 93.4 Å². The predicted molar refractivity (Wildman–Crippen MR) is 60.0 cm³/mol. The third-order valence-electron chi connectivity index (χ3n) is 2.12. The van der Waals surface area contributed by atoms with E-state index in [9.17, 15) is 15.2 Å². The number of aromatic hydroxyl groups is 1. The van der Waals surface area contributed by atoms with Gasteiger partial charge in [-0.2, -0.15) is 0 Å². The van der Waals surface area contributed by atoms with Crippen LogP contribution in [-0.2, 0) is 0 Å². The number of nitrogens with zero attached hydrogens (tertiary/aromatic N) is 1. The summed E-state index contributed by atoms with van der Waals surface area (Å²) in [5.41, 5.74) is -0.00435. The summed E-state index contributed by atoms with van der Waals surface area (Å²) in [6, 6.07) is 7.82. The summed E-state index contributed by atoms with van der Waals surface area (Å²) < 4.78 is 0.524. The zero-order valence-electron chi connectivity index (χ0n) is 7.48. The number of hydrogen-bond acceptors (Lipinski definition) is 3. The lowest BCUT2D eigenvalue weighted by Crippen LogP contribution is -1.89. The van der Waals surface area contributed by atoms with Crippen LogP contribution in [0.1, 0.15) is 0 Å². The van der Waals surface area contributed by atoms with Crippen LogP contribution in [0.5, 0.6) is 5.75 Å². The van der Waals surface area contributed by atoms with Crippen molar-refractivity contribution in [1.29, 1.82) is 0 Å². The molecule has 0 saturated heterocycles. The first-order valence-corrected chi connectivity index (χ1v) is 4.94. The first-order chi connectivity index (χ1) is 7.09. The number of non-ortho nitro benzene ring substituents is 1. The van der Waals surface area contributed by atoms with Gasteiger partial charge in [0.2, 0.25) is 0 Å². The van der Waals surface area contributed by atoms with Crippen LogP contribution in [0.4, 0.5) is 5.69 Å². The second-order valence-corrected chi connectivity index (χ2v) is 3.91. The monoisotopic (exact) mass is 267 g/mol. The molecule has 0 atom stereocenters. The Morgan fingerprint density at radius 2 is 2.07 bits per heavy atom. The van der Waals surface area contributed by atoms with E-state index >= 15 is 0 Å². The molecule has 0 aliphatic heterocycles. The summed E-state index contributed by atoms with van der Waals surface area (Å²) in [4.78, 5) is 10.3. The van der Waals surface area contributed by atoms with Gasteiger partial charge in [0, 0.05) is 6.07 Å². The lowest BCUT2D eigenvalue weighted by Gasteiger charge is -2.02. The van der Waals surface area contributed by atoms with E-state index in [0.29, 0.717) is 15.2 Å². The molecule has 0 aromatic heterocycles. The Balaban J connectivity index is 2.86. The molecule has 4 nitrogen and oxygen atoms in total. The number of nitro groups is 1. The van der Waals surface area contributed by atoms with Crippen LogP contribution in [-0.4, -0.2) is 10.0 Å². The molecule has 76 valence electrons. The number of phenolic OH excluding ortho intramolecular Hbond substituents is 1. The van der Waals surface area contributed by atoms with E-state index in [2.05, 4.69) is 15.9 Å². The normalized spacial score (nSPS) is 10.5. The Morgan fingerprint density at radius 3 is 2.73 bits per heavy atom. The van der Waals surface area contributed by atoms with Gasteiger partial charge in [0.15, 0.2) is 0 Å². The molecule has 0 heterocycles. The maximum Gasteiger partial charge on any atom is 0.277 e. The lowest BCUT2D eigenvalue weighted by atomic mass is 10.1. The zero-order valence-corrected chi connectivity index (χ0v) is 9.06. The van der Waals surface area contributed by atoms with Crippen molar-refractivity contribution in [2.75, 3.05) is 0 Å². The van der Waals surface area contributed by atoms with E-state index < -0.39 is 4.92 Å². The van der Waals surface area contributed by atoms with Crippen molar-refractivity contribution >= 4 is 32.4 Å². The maximum atomic E-state index is 10.7. The Hall–Kier alpha value is -1.62. The average Bonchev–Trinajstić information content (AvgIpc) is 2.18. The Bertz CT molecular complexity index is 554. The lowest BCUT2D eigenvalue weighted by molar-refractivity contribution is -0.383. The van der Waals surface area contributed by atoms with Gasteiger partial charge < -0.3 is 5.11 Å². The highest BCUT2D eigenvalue weighted by molar-refractivity contribution is 9.10. The fraction of sp³-hybridized carbons (Fsp3) is 0.